The molecule has 1 aliphatic rings. The third-order valence-electron chi connectivity index (χ3n) is 3.76. The maximum Gasteiger partial charge on any atom is 0.254 e. The molecule has 21 heavy (non-hydrogen) atoms. The van der Waals surface area contributed by atoms with Gasteiger partial charge in [0, 0.05) is 18.1 Å². The van der Waals surface area contributed by atoms with E-state index in [9.17, 15) is 18.0 Å². The lowest BCUT2D eigenvalue weighted by atomic mass is 9.95. The molecule has 3 atom stereocenters. The number of nitrogens with one attached hydrogen (secondary N) is 2. The van der Waals surface area contributed by atoms with Gasteiger partial charge in [-0.05, 0) is 32.8 Å². The van der Waals surface area contributed by atoms with E-state index in [1.165, 1.54) is 0 Å². The summed E-state index contributed by atoms with van der Waals surface area (Å²) in [5.41, 5.74) is -0.711. The van der Waals surface area contributed by atoms with Gasteiger partial charge in [-0.25, -0.2) is 8.78 Å². The quantitative estimate of drug-likeness (QED) is 0.733. The number of benzene rings is 1. The van der Waals surface area contributed by atoms with Crippen LogP contribution in [0.5, 0.6) is 5.75 Å². The van der Waals surface area contributed by atoms with Gasteiger partial charge in [0.25, 0.3) is 5.91 Å². The van der Waals surface area contributed by atoms with Gasteiger partial charge >= 0.3 is 0 Å². The van der Waals surface area contributed by atoms with Crippen molar-refractivity contribution in [2.24, 2.45) is 0 Å². The fraction of sp³-hybridized carbons (Fsp3) is 0.500. The van der Waals surface area contributed by atoms with Crippen molar-refractivity contribution in [1.29, 1.82) is 0 Å². The molecule has 2 rings (SSSR count). The van der Waals surface area contributed by atoms with Gasteiger partial charge in [-0.15, -0.1) is 0 Å². The molecule has 0 spiro atoms. The van der Waals surface area contributed by atoms with Crippen molar-refractivity contribution in [3.63, 3.8) is 0 Å². The molecule has 1 fully saturated rings. The Morgan fingerprint density at radius 3 is 2.57 bits per heavy atom. The molecule has 4 nitrogen and oxygen atoms in total. The van der Waals surface area contributed by atoms with E-state index in [-0.39, 0.29) is 12.1 Å². The first-order valence-corrected chi connectivity index (χ1v) is 6.74. The van der Waals surface area contributed by atoms with Crippen molar-refractivity contribution >= 4 is 5.91 Å². The highest BCUT2D eigenvalue weighted by Crippen LogP contribution is 2.26. The van der Waals surface area contributed by atoms with Crippen LogP contribution in [0, 0.1) is 17.5 Å². The molecule has 7 heteroatoms. The van der Waals surface area contributed by atoms with Crippen LogP contribution in [-0.4, -0.2) is 29.1 Å². The predicted molar refractivity (Wildman–Crippen MR) is 70.5 cm³/mol. The number of amides is 1. The number of rotatable bonds is 2. The molecular formula is C14H17F3N2O2. The standard InChI is InChI=1S/C14H17F3N2O2/c1-6-3-4-10(7(2)18-6)19-14(21)8-5-9(15)12(17)13(20)11(8)16/h5-7,10,18,20H,3-4H2,1-2H3,(H,19,21). The van der Waals surface area contributed by atoms with Gasteiger partial charge in [0.05, 0.1) is 5.56 Å². The van der Waals surface area contributed by atoms with Crippen LogP contribution >= 0.6 is 0 Å². The molecule has 1 saturated heterocycles. The first kappa shape index (κ1) is 15.6. The number of piperidine rings is 1. The SMILES string of the molecule is CC1CCC(NC(=O)c2cc(F)c(F)c(O)c2F)C(C)N1. The molecular weight excluding hydrogens is 285 g/mol. The lowest BCUT2D eigenvalue weighted by Crippen LogP contribution is -2.54. The molecule has 0 aromatic heterocycles. The van der Waals surface area contributed by atoms with Crippen LogP contribution in [-0.2, 0) is 0 Å². The first-order chi connectivity index (χ1) is 9.81. The number of carbonyl (C=O) groups excluding carboxylic acids is 1. The summed E-state index contributed by atoms with van der Waals surface area (Å²) >= 11 is 0. The van der Waals surface area contributed by atoms with Crippen LogP contribution in [0.2, 0.25) is 0 Å². The molecule has 1 aromatic carbocycles. The highest BCUT2D eigenvalue weighted by molar-refractivity contribution is 5.95. The van der Waals surface area contributed by atoms with Crippen molar-refractivity contribution in [1.82, 2.24) is 10.6 Å². The minimum Gasteiger partial charge on any atom is -0.503 e. The lowest BCUT2D eigenvalue weighted by Gasteiger charge is -2.34. The number of hydrogen-bond donors (Lipinski definition) is 3. The van der Waals surface area contributed by atoms with Crippen LogP contribution in [0.25, 0.3) is 0 Å². The molecule has 1 heterocycles. The van der Waals surface area contributed by atoms with Crippen LogP contribution in [0.15, 0.2) is 6.07 Å². The number of carbonyl (C=O) groups is 1. The smallest absolute Gasteiger partial charge is 0.254 e. The largest absolute Gasteiger partial charge is 0.503 e. The predicted octanol–water partition coefficient (Wildman–Crippen LogP) is 2.07. The normalized spacial score (nSPS) is 25.7. The van der Waals surface area contributed by atoms with Gasteiger partial charge in [-0.3, -0.25) is 4.79 Å². The topological polar surface area (TPSA) is 61.4 Å². The van der Waals surface area contributed by atoms with Crippen molar-refractivity contribution in [3.05, 3.63) is 29.1 Å². The van der Waals surface area contributed by atoms with E-state index in [2.05, 4.69) is 10.6 Å². The Bertz CT molecular complexity index is 566. The summed E-state index contributed by atoms with van der Waals surface area (Å²) in [6.07, 6.45) is 1.53. The minimum absolute atomic E-state index is 0.0281. The summed E-state index contributed by atoms with van der Waals surface area (Å²) in [4.78, 5) is 12.0. The van der Waals surface area contributed by atoms with E-state index >= 15 is 0 Å². The van der Waals surface area contributed by atoms with E-state index in [1.54, 1.807) is 0 Å². The van der Waals surface area contributed by atoms with Gasteiger partial charge in [-0.1, -0.05) is 0 Å². The monoisotopic (exact) mass is 302 g/mol. The minimum atomic E-state index is -1.70. The fourth-order valence-electron chi connectivity index (χ4n) is 2.53. The van der Waals surface area contributed by atoms with E-state index in [1.807, 2.05) is 13.8 Å². The zero-order valence-electron chi connectivity index (χ0n) is 11.7. The molecule has 0 bridgehead atoms. The van der Waals surface area contributed by atoms with Crippen molar-refractivity contribution in [2.75, 3.05) is 0 Å². The second-order valence-electron chi connectivity index (χ2n) is 5.40. The Kier molecular flexibility index (Phi) is 4.41. The van der Waals surface area contributed by atoms with Crippen LogP contribution in [0.3, 0.4) is 0 Å². The maximum absolute atomic E-state index is 13.7. The van der Waals surface area contributed by atoms with Gasteiger partial charge in [0.2, 0.25) is 5.82 Å². The Labute approximate surface area is 120 Å². The van der Waals surface area contributed by atoms with Gasteiger partial charge in [0.15, 0.2) is 17.4 Å². The van der Waals surface area contributed by atoms with Crippen molar-refractivity contribution < 1.29 is 23.1 Å². The molecule has 1 amide bonds. The summed E-state index contributed by atoms with van der Waals surface area (Å²) in [7, 11) is 0. The van der Waals surface area contributed by atoms with Crippen molar-refractivity contribution in [3.8, 4) is 5.75 Å². The van der Waals surface area contributed by atoms with E-state index in [4.69, 9.17) is 5.11 Å². The summed E-state index contributed by atoms with van der Waals surface area (Å²) in [5.74, 6) is -7.00. The first-order valence-electron chi connectivity index (χ1n) is 6.74. The zero-order chi connectivity index (χ0) is 15.7. The third-order valence-corrected chi connectivity index (χ3v) is 3.76. The summed E-state index contributed by atoms with van der Waals surface area (Å²) in [5, 5.41) is 14.9. The van der Waals surface area contributed by atoms with Crippen LogP contribution in [0.1, 0.15) is 37.0 Å². The average molecular weight is 302 g/mol. The Hall–Kier alpha value is -1.76. The van der Waals surface area contributed by atoms with Crippen LogP contribution in [0.4, 0.5) is 13.2 Å². The molecule has 0 saturated carbocycles. The summed E-state index contributed by atoms with van der Waals surface area (Å²) < 4.78 is 39.9. The molecule has 3 N–H and O–H groups in total. The van der Waals surface area contributed by atoms with Gasteiger partial charge < -0.3 is 15.7 Å². The number of phenols is 1. The van der Waals surface area contributed by atoms with Crippen LogP contribution < -0.4 is 10.6 Å². The average Bonchev–Trinajstić information content (AvgIpc) is 2.43. The molecule has 1 aromatic rings. The second-order valence-corrected chi connectivity index (χ2v) is 5.40. The Morgan fingerprint density at radius 1 is 1.29 bits per heavy atom. The zero-order valence-corrected chi connectivity index (χ0v) is 11.7. The highest BCUT2D eigenvalue weighted by Gasteiger charge is 2.28. The van der Waals surface area contributed by atoms with Gasteiger partial charge in [0.1, 0.15) is 0 Å². The Balaban J connectivity index is 2.18. The van der Waals surface area contributed by atoms with Gasteiger partial charge in [-0.2, -0.15) is 4.39 Å². The number of hydrogen-bond acceptors (Lipinski definition) is 3. The molecule has 0 aliphatic carbocycles. The van der Waals surface area contributed by atoms with Crippen molar-refractivity contribution in [2.45, 2.75) is 44.8 Å². The Morgan fingerprint density at radius 2 is 1.95 bits per heavy atom. The number of halogens is 3. The number of aromatic hydroxyl groups is 1. The van der Waals surface area contributed by atoms with E-state index < -0.39 is 34.7 Å². The molecule has 116 valence electrons. The second kappa shape index (κ2) is 5.93. The summed E-state index contributed by atoms with van der Waals surface area (Å²) in [6, 6.07) is 0.490. The fourth-order valence-corrected chi connectivity index (χ4v) is 2.53. The van der Waals surface area contributed by atoms with E-state index in [0.717, 1.165) is 6.42 Å². The highest BCUT2D eigenvalue weighted by atomic mass is 19.2. The number of phenolic OH excluding ortho intramolecular Hbond substituents is 1. The molecule has 3 unspecified atom stereocenters. The summed E-state index contributed by atoms with van der Waals surface area (Å²) in [6.45, 7) is 3.89. The maximum atomic E-state index is 13.7. The lowest BCUT2D eigenvalue weighted by molar-refractivity contribution is 0.0908. The molecule has 0 radical (unpaired) electrons. The third kappa shape index (κ3) is 3.12. The molecule has 1 aliphatic heterocycles. The van der Waals surface area contributed by atoms with E-state index in [0.29, 0.717) is 18.5 Å².